The summed E-state index contributed by atoms with van der Waals surface area (Å²) < 4.78 is 2.51. The van der Waals surface area contributed by atoms with Gasteiger partial charge in [0.15, 0.2) is 0 Å². The number of para-hydroxylation sites is 2. The molecule has 1 aliphatic heterocycles. The number of hydrogen-bond acceptors (Lipinski definition) is 1. The molecule has 150 valence electrons. The first-order chi connectivity index (χ1) is 13.6. The lowest BCUT2D eigenvalue weighted by molar-refractivity contribution is -0.425. The highest BCUT2D eigenvalue weighted by molar-refractivity contribution is 7.28. The molecule has 0 saturated heterocycles. The summed E-state index contributed by atoms with van der Waals surface area (Å²) in [4.78, 5) is 2.47. The van der Waals surface area contributed by atoms with E-state index in [0.717, 1.165) is 25.9 Å². The molecular weight excluding hydrogens is 359 g/mol. The minimum absolute atomic E-state index is 0.582. The van der Waals surface area contributed by atoms with Crippen LogP contribution in [0.3, 0.4) is 0 Å². The van der Waals surface area contributed by atoms with Crippen LogP contribution in [0, 0.1) is 0 Å². The van der Waals surface area contributed by atoms with Gasteiger partial charge in [0.25, 0.3) is 0 Å². The highest BCUT2D eigenvalue weighted by Crippen LogP contribution is 2.34. The van der Waals surface area contributed by atoms with E-state index in [0.29, 0.717) is 5.92 Å². The first kappa shape index (κ1) is 21.1. The molecule has 0 aromatic heterocycles. The first-order valence-corrected chi connectivity index (χ1v) is 11.6. The lowest BCUT2D eigenvalue weighted by atomic mass is 9.92. The summed E-state index contributed by atoms with van der Waals surface area (Å²) in [6.07, 6.45) is 8.18. The number of nitrogens with zero attached hydrogens (tertiary/aromatic N) is 2. The molecule has 2 aromatic carbocycles. The molecule has 3 rings (SSSR count). The molecule has 2 nitrogen and oxygen atoms in total. The average molecular weight is 396 g/mol. The predicted octanol–water partition coefficient (Wildman–Crippen LogP) is 5.80. The van der Waals surface area contributed by atoms with Crippen LogP contribution < -0.4 is 10.2 Å². The maximum Gasteiger partial charge on any atom is 0.244 e. The normalized spacial score (nSPS) is 15.0. The van der Waals surface area contributed by atoms with Gasteiger partial charge >= 0.3 is 0 Å². The number of anilines is 1. The molecule has 0 fully saturated rings. The maximum absolute atomic E-state index is 2.94. The summed E-state index contributed by atoms with van der Waals surface area (Å²) in [5.41, 5.74) is 7.29. The zero-order valence-corrected chi connectivity index (χ0v) is 19.2. The number of rotatable bonds is 8. The van der Waals surface area contributed by atoms with Gasteiger partial charge in [0.05, 0.1) is 0 Å². The zero-order valence-electron chi connectivity index (χ0n) is 18.0. The molecule has 0 bridgehead atoms. The molecule has 28 heavy (non-hydrogen) atoms. The monoisotopic (exact) mass is 395 g/mol. The van der Waals surface area contributed by atoms with Crippen LogP contribution in [-0.2, 0) is 12.8 Å². The second-order valence-corrected chi connectivity index (χ2v) is 8.64. The van der Waals surface area contributed by atoms with Crippen LogP contribution in [0.15, 0.2) is 36.4 Å². The van der Waals surface area contributed by atoms with Crippen LogP contribution in [0.5, 0.6) is 0 Å². The molecule has 3 heteroatoms. The Balaban J connectivity index is 2.06. The fraction of sp³-hybridized carbons (Fsp3) is 0.480. The summed E-state index contributed by atoms with van der Waals surface area (Å²) in [6, 6.07) is 13.6. The standard InChI is InChI=1S/C25H36N2P/c1-5-10-20-12-8-14-22(19(4)7-3)24(20)26-16-17-27(18-26)25-21(11-6-2)13-9-15-23(25)28/h8-9,12-15,18-19H,5-7,10-11,16-17,28H2,1-4H3/q+1/t19-/m1/s1. The van der Waals surface area contributed by atoms with Gasteiger partial charge in [-0.1, -0.05) is 76.9 Å². The van der Waals surface area contributed by atoms with Gasteiger partial charge in [0, 0.05) is 10.9 Å². The van der Waals surface area contributed by atoms with E-state index in [1.165, 1.54) is 52.6 Å². The Morgan fingerprint density at radius 2 is 1.68 bits per heavy atom. The molecule has 0 radical (unpaired) electrons. The highest BCUT2D eigenvalue weighted by Gasteiger charge is 2.29. The van der Waals surface area contributed by atoms with Crippen molar-refractivity contribution in [3.05, 3.63) is 53.1 Å². The summed E-state index contributed by atoms with van der Waals surface area (Å²) in [5.74, 6) is 0.582. The zero-order chi connectivity index (χ0) is 20.1. The van der Waals surface area contributed by atoms with Crippen LogP contribution in [-0.4, -0.2) is 24.0 Å². The van der Waals surface area contributed by atoms with Gasteiger partial charge < -0.3 is 0 Å². The van der Waals surface area contributed by atoms with Crippen molar-refractivity contribution in [2.45, 2.75) is 65.7 Å². The summed E-state index contributed by atoms with van der Waals surface area (Å²) in [7, 11) is 2.94. The van der Waals surface area contributed by atoms with Gasteiger partial charge in [-0.05, 0) is 36.3 Å². The van der Waals surface area contributed by atoms with Crippen molar-refractivity contribution in [1.29, 1.82) is 0 Å². The molecule has 1 aliphatic rings. The van der Waals surface area contributed by atoms with Gasteiger partial charge in [0.2, 0.25) is 6.34 Å². The molecule has 1 heterocycles. The van der Waals surface area contributed by atoms with Crippen molar-refractivity contribution < 1.29 is 4.58 Å². The second-order valence-electron chi connectivity index (χ2n) is 8.02. The minimum Gasteiger partial charge on any atom is -0.229 e. The molecule has 0 amide bonds. The van der Waals surface area contributed by atoms with E-state index in [1.54, 1.807) is 0 Å². The second kappa shape index (κ2) is 9.70. The smallest absolute Gasteiger partial charge is 0.229 e. The highest BCUT2D eigenvalue weighted by atomic mass is 31.0. The van der Waals surface area contributed by atoms with Crippen LogP contribution in [0.4, 0.5) is 11.4 Å². The predicted molar refractivity (Wildman–Crippen MR) is 127 cm³/mol. The van der Waals surface area contributed by atoms with Crippen molar-refractivity contribution in [1.82, 2.24) is 0 Å². The Labute approximate surface area is 173 Å². The van der Waals surface area contributed by atoms with Crippen LogP contribution in [0.25, 0.3) is 0 Å². The number of hydrogen-bond donors (Lipinski definition) is 0. The van der Waals surface area contributed by atoms with Crippen molar-refractivity contribution in [2.24, 2.45) is 0 Å². The molecular formula is C25H36N2P+. The van der Waals surface area contributed by atoms with Crippen molar-refractivity contribution in [3.8, 4) is 0 Å². The van der Waals surface area contributed by atoms with E-state index in [9.17, 15) is 0 Å². The maximum atomic E-state index is 2.94. The fourth-order valence-electron chi connectivity index (χ4n) is 4.32. The van der Waals surface area contributed by atoms with E-state index in [-0.39, 0.29) is 0 Å². The third-order valence-corrected chi connectivity index (χ3v) is 6.38. The summed E-state index contributed by atoms with van der Waals surface area (Å²) >= 11 is 0. The Bertz CT molecular complexity index is 840. The van der Waals surface area contributed by atoms with Crippen LogP contribution in [0.2, 0.25) is 0 Å². The van der Waals surface area contributed by atoms with E-state index in [1.807, 2.05) is 0 Å². The quantitative estimate of drug-likeness (QED) is 0.404. The molecule has 2 atom stereocenters. The molecule has 2 aromatic rings. The topological polar surface area (TPSA) is 6.25 Å². The van der Waals surface area contributed by atoms with Crippen molar-refractivity contribution >= 4 is 32.3 Å². The molecule has 0 spiro atoms. The Kier molecular flexibility index (Phi) is 7.30. The molecule has 0 saturated carbocycles. The summed E-state index contributed by atoms with van der Waals surface area (Å²) in [6.45, 7) is 11.3. The van der Waals surface area contributed by atoms with E-state index >= 15 is 0 Å². The SMILES string of the molecule is CCCc1cccc(P)c1N1C=[N+](c2c(CCC)cccc2[C@H](C)CC)CC1. The van der Waals surface area contributed by atoms with Crippen molar-refractivity contribution in [3.63, 3.8) is 0 Å². The number of benzene rings is 2. The lowest BCUT2D eigenvalue weighted by Gasteiger charge is -2.17. The Morgan fingerprint density at radius 3 is 2.39 bits per heavy atom. The lowest BCUT2D eigenvalue weighted by Crippen LogP contribution is -2.24. The minimum atomic E-state index is 0.582. The molecule has 1 unspecified atom stereocenters. The van der Waals surface area contributed by atoms with Crippen LogP contribution >= 0.6 is 9.24 Å². The molecule has 0 N–H and O–H groups in total. The van der Waals surface area contributed by atoms with Crippen LogP contribution in [0.1, 0.15) is 69.6 Å². The fourth-order valence-corrected chi connectivity index (χ4v) is 4.78. The van der Waals surface area contributed by atoms with E-state index in [4.69, 9.17) is 0 Å². The molecule has 0 aliphatic carbocycles. The van der Waals surface area contributed by atoms with Gasteiger partial charge in [0.1, 0.15) is 24.5 Å². The van der Waals surface area contributed by atoms with Crippen molar-refractivity contribution in [2.75, 3.05) is 18.0 Å². The Morgan fingerprint density at radius 1 is 1.00 bits per heavy atom. The van der Waals surface area contributed by atoms with Gasteiger partial charge in [-0.15, -0.1) is 9.24 Å². The first-order valence-electron chi connectivity index (χ1n) is 11.0. The van der Waals surface area contributed by atoms with E-state index in [2.05, 4.69) is 89.1 Å². The largest absolute Gasteiger partial charge is 0.244 e. The Hall–Kier alpha value is -1.66. The van der Waals surface area contributed by atoms with Gasteiger partial charge in [-0.2, -0.15) is 0 Å². The third kappa shape index (κ3) is 4.33. The summed E-state index contributed by atoms with van der Waals surface area (Å²) in [5, 5.41) is 1.30. The van der Waals surface area contributed by atoms with E-state index < -0.39 is 0 Å². The number of aryl methyl sites for hydroxylation is 2. The van der Waals surface area contributed by atoms with Gasteiger partial charge in [-0.3, -0.25) is 0 Å². The third-order valence-electron chi connectivity index (χ3n) is 5.92. The van der Waals surface area contributed by atoms with Gasteiger partial charge in [-0.25, -0.2) is 9.48 Å². The average Bonchev–Trinajstić information content (AvgIpc) is 3.17.